The summed E-state index contributed by atoms with van der Waals surface area (Å²) in [6, 6.07) is 5.20. The predicted molar refractivity (Wildman–Crippen MR) is 94.8 cm³/mol. The number of carbonyl (C=O) groups excluding carboxylic acids is 2. The van der Waals surface area contributed by atoms with Crippen LogP contribution in [0.3, 0.4) is 0 Å². The first-order valence-corrected chi connectivity index (χ1v) is 8.76. The predicted octanol–water partition coefficient (Wildman–Crippen LogP) is 4.96. The summed E-state index contributed by atoms with van der Waals surface area (Å²) in [5.74, 6) is 0.361. The van der Waals surface area contributed by atoms with Gasteiger partial charge in [0.05, 0.1) is 16.0 Å². The largest absolute Gasteiger partial charge is 0.489 e. The summed E-state index contributed by atoms with van der Waals surface area (Å²) in [6.07, 6.45) is 2.66. The van der Waals surface area contributed by atoms with E-state index >= 15 is 0 Å². The van der Waals surface area contributed by atoms with Crippen LogP contribution >= 0.6 is 23.4 Å². The number of carbonyl (C=O) groups is 2. The first-order valence-electron chi connectivity index (χ1n) is 7.56. The van der Waals surface area contributed by atoms with Gasteiger partial charge in [-0.2, -0.15) is 0 Å². The van der Waals surface area contributed by atoms with Gasteiger partial charge >= 0.3 is 0 Å². The quantitative estimate of drug-likeness (QED) is 0.702. The van der Waals surface area contributed by atoms with E-state index in [1.807, 2.05) is 33.8 Å². The van der Waals surface area contributed by atoms with Gasteiger partial charge < -0.3 is 4.74 Å². The van der Waals surface area contributed by atoms with E-state index in [1.54, 1.807) is 18.2 Å². The minimum Gasteiger partial charge on any atom is -0.489 e. The Morgan fingerprint density at radius 2 is 2.00 bits per heavy atom. The number of thioether (sulfide) groups is 1. The monoisotopic (exact) mass is 353 g/mol. The standard InChI is InChI=1S/C17H20ClNO3S/c1-5-11(4)22-14-7-6-12(8-13(14)18)9-15-16(20)19(10(2)3)17(21)23-15/h6-11H,5H2,1-4H3/b15-9-/t11-/m1/s1. The molecule has 0 saturated carbocycles. The summed E-state index contributed by atoms with van der Waals surface area (Å²) >= 11 is 7.19. The molecular weight excluding hydrogens is 334 g/mol. The number of halogens is 1. The summed E-state index contributed by atoms with van der Waals surface area (Å²) < 4.78 is 5.72. The summed E-state index contributed by atoms with van der Waals surface area (Å²) in [5, 5.41) is 0.251. The molecule has 1 aromatic carbocycles. The van der Waals surface area contributed by atoms with E-state index in [1.165, 1.54) is 4.90 Å². The average molecular weight is 354 g/mol. The highest BCUT2D eigenvalue weighted by atomic mass is 35.5. The van der Waals surface area contributed by atoms with E-state index < -0.39 is 0 Å². The van der Waals surface area contributed by atoms with Crippen LogP contribution < -0.4 is 4.74 Å². The minimum atomic E-state index is -0.258. The molecule has 1 saturated heterocycles. The van der Waals surface area contributed by atoms with Crippen LogP contribution in [0.2, 0.25) is 5.02 Å². The van der Waals surface area contributed by atoms with Gasteiger partial charge in [-0.15, -0.1) is 0 Å². The molecule has 1 aromatic rings. The number of hydrogen-bond acceptors (Lipinski definition) is 4. The van der Waals surface area contributed by atoms with Crippen molar-refractivity contribution >= 4 is 40.6 Å². The van der Waals surface area contributed by atoms with Crippen molar-refractivity contribution in [3.63, 3.8) is 0 Å². The second-order valence-electron chi connectivity index (χ2n) is 5.67. The Bertz CT molecular complexity index is 657. The van der Waals surface area contributed by atoms with Gasteiger partial charge in [0.15, 0.2) is 0 Å². The lowest BCUT2D eigenvalue weighted by molar-refractivity contribution is -0.123. The first kappa shape index (κ1) is 17.9. The molecule has 23 heavy (non-hydrogen) atoms. The van der Waals surface area contributed by atoms with E-state index in [2.05, 4.69) is 0 Å². The fraction of sp³-hybridized carbons (Fsp3) is 0.412. The summed E-state index contributed by atoms with van der Waals surface area (Å²) in [5.41, 5.74) is 0.765. The van der Waals surface area contributed by atoms with Crippen LogP contribution in [0.25, 0.3) is 6.08 Å². The van der Waals surface area contributed by atoms with Gasteiger partial charge in [-0.25, -0.2) is 0 Å². The SMILES string of the molecule is CC[C@@H](C)Oc1ccc(/C=C2\SC(=O)N(C(C)C)C2=O)cc1Cl. The third kappa shape index (κ3) is 4.09. The second kappa shape index (κ2) is 7.41. The number of amides is 2. The maximum atomic E-state index is 12.3. The Morgan fingerprint density at radius 3 is 2.52 bits per heavy atom. The van der Waals surface area contributed by atoms with Gasteiger partial charge in [0, 0.05) is 6.04 Å². The fourth-order valence-corrected chi connectivity index (χ4v) is 3.27. The molecule has 1 heterocycles. The van der Waals surface area contributed by atoms with E-state index in [4.69, 9.17) is 16.3 Å². The number of ether oxygens (including phenoxy) is 1. The van der Waals surface area contributed by atoms with Crippen LogP contribution in [0.15, 0.2) is 23.1 Å². The molecule has 1 atom stereocenters. The lowest BCUT2D eigenvalue weighted by atomic mass is 10.2. The highest BCUT2D eigenvalue weighted by Gasteiger charge is 2.36. The van der Waals surface area contributed by atoms with Crippen molar-refractivity contribution in [1.82, 2.24) is 4.90 Å². The molecule has 6 heteroatoms. The molecule has 1 aliphatic heterocycles. The van der Waals surface area contributed by atoms with Gasteiger partial charge in [-0.1, -0.05) is 24.6 Å². The molecule has 0 aliphatic carbocycles. The Labute approximate surface area is 145 Å². The molecule has 0 N–H and O–H groups in total. The zero-order chi connectivity index (χ0) is 17.1. The Balaban J connectivity index is 2.22. The second-order valence-corrected chi connectivity index (χ2v) is 7.07. The third-order valence-corrected chi connectivity index (χ3v) is 4.68. The highest BCUT2D eigenvalue weighted by molar-refractivity contribution is 8.18. The molecule has 0 aromatic heterocycles. The summed E-state index contributed by atoms with van der Waals surface area (Å²) in [4.78, 5) is 25.8. The topological polar surface area (TPSA) is 46.6 Å². The fourth-order valence-electron chi connectivity index (χ4n) is 2.08. The van der Waals surface area contributed by atoms with E-state index in [0.717, 1.165) is 23.7 Å². The van der Waals surface area contributed by atoms with Gasteiger partial charge in [0.25, 0.3) is 11.1 Å². The van der Waals surface area contributed by atoms with E-state index in [-0.39, 0.29) is 23.3 Å². The summed E-state index contributed by atoms with van der Waals surface area (Å²) in [7, 11) is 0. The Hall–Kier alpha value is -1.46. The Kier molecular flexibility index (Phi) is 5.76. The van der Waals surface area contributed by atoms with E-state index in [9.17, 15) is 9.59 Å². The molecule has 2 rings (SSSR count). The normalized spacial score (nSPS) is 18.2. The van der Waals surface area contributed by atoms with Crippen molar-refractivity contribution in [1.29, 1.82) is 0 Å². The first-order chi connectivity index (χ1) is 10.8. The van der Waals surface area contributed by atoms with Crippen molar-refractivity contribution in [2.75, 3.05) is 0 Å². The molecule has 0 radical (unpaired) electrons. The highest BCUT2D eigenvalue weighted by Crippen LogP contribution is 2.34. The van der Waals surface area contributed by atoms with Crippen molar-refractivity contribution in [3.8, 4) is 5.75 Å². The van der Waals surface area contributed by atoms with Crippen LogP contribution in [0.4, 0.5) is 4.79 Å². The van der Waals surface area contributed by atoms with Crippen LogP contribution in [0.5, 0.6) is 5.75 Å². The van der Waals surface area contributed by atoms with Gasteiger partial charge in [-0.3, -0.25) is 14.5 Å². The number of hydrogen-bond donors (Lipinski definition) is 0. The van der Waals surface area contributed by atoms with Crippen molar-refractivity contribution in [3.05, 3.63) is 33.7 Å². The molecule has 0 bridgehead atoms. The van der Waals surface area contributed by atoms with E-state index in [0.29, 0.717) is 15.7 Å². The van der Waals surface area contributed by atoms with Crippen LogP contribution in [-0.2, 0) is 4.79 Å². The number of benzene rings is 1. The smallest absolute Gasteiger partial charge is 0.293 e. The Morgan fingerprint density at radius 1 is 1.30 bits per heavy atom. The van der Waals surface area contributed by atoms with Crippen molar-refractivity contribution in [2.24, 2.45) is 0 Å². The number of imide groups is 1. The third-order valence-electron chi connectivity index (χ3n) is 3.50. The molecule has 2 amide bonds. The van der Waals surface area contributed by atoms with Gasteiger partial charge in [0.1, 0.15) is 5.75 Å². The molecule has 1 fully saturated rings. The molecule has 1 aliphatic rings. The van der Waals surface area contributed by atoms with Crippen molar-refractivity contribution < 1.29 is 14.3 Å². The average Bonchev–Trinajstić information content (AvgIpc) is 2.76. The molecule has 0 spiro atoms. The number of rotatable bonds is 5. The lowest BCUT2D eigenvalue weighted by Crippen LogP contribution is -2.34. The molecule has 0 unspecified atom stereocenters. The van der Waals surface area contributed by atoms with Crippen molar-refractivity contribution in [2.45, 2.75) is 46.3 Å². The molecular formula is C17H20ClNO3S. The maximum absolute atomic E-state index is 12.3. The van der Waals surface area contributed by atoms with Crippen LogP contribution in [0, 0.1) is 0 Å². The molecule has 124 valence electrons. The summed E-state index contributed by atoms with van der Waals surface area (Å²) in [6.45, 7) is 7.65. The zero-order valence-corrected chi connectivity index (χ0v) is 15.2. The number of nitrogens with zero attached hydrogens (tertiary/aromatic N) is 1. The van der Waals surface area contributed by atoms with Gasteiger partial charge in [-0.05, 0) is 62.7 Å². The zero-order valence-electron chi connectivity index (χ0n) is 13.6. The minimum absolute atomic E-state index is 0.0842. The van der Waals surface area contributed by atoms with Crippen LogP contribution in [-0.4, -0.2) is 28.2 Å². The molecule has 4 nitrogen and oxygen atoms in total. The maximum Gasteiger partial charge on any atom is 0.293 e. The van der Waals surface area contributed by atoms with Gasteiger partial charge in [0.2, 0.25) is 0 Å². The van der Waals surface area contributed by atoms with Crippen LogP contribution in [0.1, 0.15) is 39.7 Å². The lowest BCUT2D eigenvalue weighted by Gasteiger charge is -2.16.